The van der Waals surface area contributed by atoms with Crippen molar-refractivity contribution in [1.29, 1.82) is 0 Å². The summed E-state index contributed by atoms with van der Waals surface area (Å²) >= 11 is 0. The van der Waals surface area contributed by atoms with Crippen LogP contribution in [0, 0.1) is 6.92 Å². The SMILES string of the molecule is CCN(CC)C(=O)c1cnc([C@H]2CCCCN2C(=O)Cc2c[nH]c3ccccc23)nc1C. The number of piperidine rings is 1. The molecule has 1 atom stereocenters. The zero-order valence-corrected chi connectivity index (χ0v) is 19.1. The fraction of sp³-hybridized carbons (Fsp3) is 0.440. The molecule has 7 nitrogen and oxygen atoms in total. The maximum Gasteiger partial charge on any atom is 0.257 e. The number of benzene rings is 1. The number of carbonyl (C=O) groups is 2. The second-order valence-corrected chi connectivity index (χ2v) is 8.34. The summed E-state index contributed by atoms with van der Waals surface area (Å²) in [4.78, 5) is 42.3. The Morgan fingerprint density at radius 2 is 1.97 bits per heavy atom. The number of nitrogens with zero attached hydrogens (tertiary/aromatic N) is 4. The molecule has 2 aromatic heterocycles. The third-order valence-electron chi connectivity index (χ3n) is 6.42. The number of aromatic amines is 1. The number of nitrogens with one attached hydrogen (secondary N) is 1. The normalized spacial score (nSPS) is 16.3. The van der Waals surface area contributed by atoms with Crippen LogP contribution in [0.3, 0.4) is 0 Å². The summed E-state index contributed by atoms with van der Waals surface area (Å²) in [6, 6.07) is 7.88. The van der Waals surface area contributed by atoms with Crippen molar-refractivity contribution in [2.75, 3.05) is 19.6 Å². The predicted molar refractivity (Wildman–Crippen MR) is 124 cm³/mol. The Labute approximate surface area is 188 Å². The van der Waals surface area contributed by atoms with Crippen molar-refractivity contribution in [3.8, 4) is 0 Å². The van der Waals surface area contributed by atoms with E-state index in [-0.39, 0.29) is 17.9 Å². The quantitative estimate of drug-likeness (QED) is 0.636. The van der Waals surface area contributed by atoms with E-state index in [1.165, 1.54) is 0 Å². The molecule has 3 aromatic rings. The van der Waals surface area contributed by atoms with Crippen molar-refractivity contribution in [1.82, 2.24) is 24.8 Å². The van der Waals surface area contributed by atoms with Crippen molar-refractivity contribution >= 4 is 22.7 Å². The number of amides is 2. The van der Waals surface area contributed by atoms with Gasteiger partial charge in [-0.1, -0.05) is 18.2 Å². The Morgan fingerprint density at radius 1 is 1.19 bits per heavy atom. The van der Waals surface area contributed by atoms with Gasteiger partial charge in [-0.05, 0) is 51.7 Å². The van der Waals surface area contributed by atoms with E-state index < -0.39 is 0 Å². The Balaban J connectivity index is 1.56. The van der Waals surface area contributed by atoms with Gasteiger partial charge >= 0.3 is 0 Å². The summed E-state index contributed by atoms with van der Waals surface area (Å²) in [5, 5.41) is 1.08. The predicted octanol–water partition coefficient (Wildman–Crippen LogP) is 4.04. The summed E-state index contributed by atoms with van der Waals surface area (Å²) in [7, 11) is 0. The molecule has 1 fully saturated rings. The average Bonchev–Trinajstić information content (AvgIpc) is 3.22. The highest BCUT2D eigenvalue weighted by molar-refractivity contribution is 5.95. The maximum absolute atomic E-state index is 13.3. The molecule has 0 aliphatic carbocycles. The number of rotatable bonds is 6. The topological polar surface area (TPSA) is 82.2 Å². The molecule has 1 N–H and O–H groups in total. The van der Waals surface area contributed by atoms with E-state index in [1.54, 1.807) is 11.1 Å². The first kappa shape index (κ1) is 22.0. The molecule has 0 saturated carbocycles. The number of H-pyrrole nitrogens is 1. The highest BCUT2D eigenvalue weighted by Crippen LogP contribution is 2.30. The lowest BCUT2D eigenvalue weighted by Gasteiger charge is -2.35. The lowest BCUT2D eigenvalue weighted by molar-refractivity contribution is -0.134. The van der Waals surface area contributed by atoms with Crippen molar-refractivity contribution in [3.05, 3.63) is 59.3 Å². The van der Waals surface area contributed by atoms with E-state index in [0.29, 0.717) is 43.1 Å². The van der Waals surface area contributed by atoms with Crippen molar-refractivity contribution in [2.24, 2.45) is 0 Å². The number of likely N-dealkylation sites (tertiary alicyclic amines) is 1. The zero-order valence-electron chi connectivity index (χ0n) is 19.1. The van der Waals surface area contributed by atoms with Gasteiger partial charge in [0.05, 0.1) is 23.7 Å². The lowest BCUT2D eigenvalue weighted by Crippen LogP contribution is -2.40. The first-order valence-corrected chi connectivity index (χ1v) is 11.5. The number of para-hydroxylation sites is 1. The van der Waals surface area contributed by atoms with Gasteiger partial charge in [0.1, 0.15) is 0 Å². The van der Waals surface area contributed by atoms with Crippen LogP contribution < -0.4 is 0 Å². The minimum atomic E-state index is -0.155. The highest BCUT2D eigenvalue weighted by atomic mass is 16.2. The van der Waals surface area contributed by atoms with Crippen LogP contribution in [-0.4, -0.2) is 56.2 Å². The number of aromatic nitrogens is 3. The Kier molecular flexibility index (Phi) is 6.53. The molecular weight excluding hydrogens is 402 g/mol. The van der Waals surface area contributed by atoms with Gasteiger partial charge in [-0.2, -0.15) is 0 Å². The van der Waals surface area contributed by atoms with Gasteiger partial charge in [0.15, 0.2) is 5.82 Å². The molecule has 2 amide bonds. The third-order valence-corrected chi connectivity index (χ3v) is 6.42. The fourth-order valence-electron chi connectivity index (χ4n) is 4.58. The summed E-state index contributed by atoms with van der Waals surface area (Å²) in [6.45, 7) is 7.78. The van der Waals surface area contributed by atoms with Crippen LogP contribution in [0.25, 0.3) is 10.9 Å². The maximum atomic E-state index is 13.3. The second-order valence-electron chi connectivity index (χ2n) is 8.34. The molecular formula is C25H31N5O2. The molecule has 1 saturated heterocycles. The molecule has 32 heavy (non-hydrogen) atoms. The number of aryl methyl sites for hydroxylation is 1. The van der Waals surface area contributed by atoms with E-state index in [0.717, 1.165) is 35.7 Å². The third kappa shape index (κ3) is 4.24. The summed E-state index contributed by atoms with van der Waals surface area (Å²) in [5.74, 6) is 0.671. The van der Waals surface area contributed by atoms with Crippen LogP contribution in [-0.2, 0) is 11.2 Å². The molecule has 0 radical (unpaired) electrons. The zero-order chi connectivity index (χ0) is 22.7. The van der Waals surface area contributed by atoms with Crippen molar-refractivity contribution in [3.63, 3.8) is 0 Å². The van der Waals surface area contributed by atoms with Crippen molar-refractivity contribution in [2.45, 2.75) is 52.5 Å². The smallest absolute Gasteiger partial charge is 0.257 e. The molecule has 0 spiro atoms. The Bertz CT molecular complexity index is 1120. The largest absolute Gasteiger partial charge is 0.361 e. The van der Waals surface area contributed by atoms with Crippen molar-refractivity contribution < 1.29 is 9.59 Å². The van der Waals surface area contributed by atoms with Gasteiger partial charge in [-0.15, -0.1) is 0 Å². The lowest BCUT2D eigenvalue weighted by atomic mass is 9.99. The number of hydrogen-bond acceptors (Lipinski definition) is 4. The average molecular weight is 434 g/mol. The second kappa shape index (κ2) is 9.51. The number of carbonyl (C=O) groups excluding carboxylic acids is 2. The van der Waals surface area contributed by atoms with Crippen LogP contribution in [0.1, 0.15) is 66.6 Å². The van der Waals surface area contributed by atoms with Gasteiger partial charge in [-0.3, -0.25) is 9.59 Å². The Morgan fingerprint density at radius 3 is 2.72 bits per heavy atom. The van der Waals surface area contributed by atoms with E-state index in [2.05, 4.69) is 15.0 Å². The molecule has 168 valence electrons. The van der Waals surface area contributed by atoms with E-state index in [1.807, 2.05) is 56.1 Å². The van der Waals surface area contributed by atoms with E-state index >= 15 is 0 Å². The van der Waals surface area contributed by atoms with Gasteiger partial charge in [0.25, 0.3) is 5.91 Å². The minimum absolute atomic E-state index is 0.0463. The summed E-state index contributed by atoms with van der Waals surface area (Å²) < 4.78 is 0. The summed E-state index contributed by atoms with van der Waals surface area (Å²) in [5.41, 5.74) is 3.25. The first-order chi connectivity index (χ1) is 15.5. The molecule has 3 heterocycles. The van der Waals surface area contributed by atoms with Crippen LogP contribution in [0.2, 0.25) is 0 Å². The molecule has 0 bridgehead atoms. The van der Waals surface area contributed by atoms with Crippen LogP contribution in [0.15, 0.2) is 36.7 Å². The molecule has 0 unspecified atom stereocenters. The van der Waals surface area contributed by atoms with Gasteiger partial charge in [0.2, 0.25) is 5.91 Å². The van der Waals surface area contributed by atoms with Gasteiger partial charge in [-0.25, -0.2) is 9.97 Å². The number of hydrogen-bond donors (Lipinski definition) is 1. The Hall–Kier alpha value is -3.22. The van der Waals surface area contributed by atoms with E-state index in [9.17, 15) is 9.59 Å². The standard InChI is InChI=1S/C25H31N5O2/c1-4-29(5-2)25(32)20-16-27-24(28-17(20)3)22-12-8-9-13-30(22)23(31)14-18-15-26-21-11-7-6-10-19(18)21/h6-7,10-11,15-16,22,26H,4-5,8-9,12-14H2,1-3H3/t22-/m1/s1. The van der Waals surface area contributed by atoms with Gasteiger partial charge in [0, 0.05) is 42.9 Å². The summed E-state index contributed by atoms with van der Waals surface area (Å²) in [6.07, 6.45) is 6.75. The van der Waals surface area contributed by atoms with Crippen LogP contribution in [0.5, 0.6) is 0 Å². The first-order valence-electron chi connectivity index (χ1n) is 11.5. The molecule has 7 heteroatoms. The fourth-order valence-corrected chi connectivity index (χ4v) is 4.58. The molecule has 1 aliphatic heterocycles. The number of fused-ring (bicyclic) bond motifs is 1. The van der Waals surface area contributed by atoms with Gasteiger partial charge < -0.3 is 14.8 Å². The molecule has 1 aromatic carbocycles. The van der Waals surface area contributed by atoms with Crippen LogP contribution >= 0.6 is 0 Å². The minimum Gasteiger partial charge on any atom is -0.361 e. The molecule has 1 aliphatic rings. The monoisotopic (exact) mass is 433 g/mol. The molecule has 4 rings (SSSR count). The highest BCUT2D eigenvalue weighted by Gasteiger charge is 2.31. The van der Waals surface area contributed by atoms with Crippen LogP contribution in [0.4, 0.5) is 0 Å². The van der Waals surface area contributed by atoms with E-state index in [4.69, 9.17) is 0 Å².